The van der Waals surface area contributed by atoms with Crippen LogP contribution in [0.25, 0.3) is 0 Å². The highest BCUT2D eigenvalue weighted by atomic mass is 16.7. The van der Waals surface area contributed by atoms with Crippen molar-refractivity contribution in [2.45, 2.75) is 37.6 Å². The summed E-state index contributed by atoms with van der Waals surface area (Å²) in [4.78, 5) is 11.2. The summed E-state index contributed by atoms with van der Waals surface area (Å²) < 4.78 is 16.3. The van der Waals surface area contributed by atoms with Crippen molar-refractivity contribution in [3.05, 3.63) is 12.2 Å². The third-order valence-corrected chi connectivity index (χ3v) is 3.64. The lowest BCUT2D eigenvalue weighted by atomic mass is 9.97. The number of amides is 1. The quantitative estimate of drug-likeness (QED) is 0.221. The van der Waals surface area contributed by atoms with Gasteiger partial charge >= 0.3 is 0 Å². The van der Waals surface area contributed by atoms with Crippen molar-refractivity contribution >= 4 is 5.91 Å². The zero-order chi connectivity index (χ0) is 18.1. The van der Waals surface area contributed by atoms with Gasteiger partial charge in [0.25, 0.3) is 0 Å². The Balaban J connectivity index is 2.25. The van der Waals surface area contributed by atoms with E-state index in [2.05, 4.69) is 17.2 Å². The fourth-order valence-corrected chi connectivity index (χ4v) is 2.24. The molecule has 0 radical (unpaired) electrons. The van der Waals surface area contributed by atoms with Crippen LogP contribution in [0, 0.1) is 0 Å². The Labute approximate surface area is 141 Å². The molecule has 24 heavy (non-hydrogen) atoms. The maximum Gasteiger partial charge on any atom is 0.246 e. The summed E-state index contributed by atoms with van der Waals surface area (Å²) in [6.07, 6.45) is -4.05. The molecule has 140 valence electrons. The summed E-state index contributed by atoms with van der Waals surface area (Å²) in [6.45, 7) is 5.87. The van der Waals surface area contributed by atoms with Gasteiger partial charge in [-0.3, -0.25) is 4.79 Å². The molecule has 0 aromatic heterocycles. The van der Waals surface area contributed by atoms with Gasteiger partial charge in [0, 0.05) is 12.1 Å². The van der Waals surface area contributed by atoms with E-state index in [1.165, 1.54) is 0 Å². The van der Waals surface area contributed by atoms with Gasteiger partial charge in [0.05, 0.1) is 32.5 Å². The van der Waals surface area contributed by atoms with E-state index in [0.717, 1.165) is 0 Å². The lowest BCUT2D eigenvalue weighted by Gasteiger charge is -2.41. The van der Waals surface area contributed by atoms with E-state index in [4.69, 9.17) is 14.2 Å². The summed E-state index contributed by atoms with van der Waals surface area (Å²) >= 11 is 0. The van der Waals surface area contributed by atoms with Crippen molar-refractivity contribution in [3.63, 3.8) is 0 Å². The van der Waals surface area contributed by atoms with Crippen LogP contribution in [0.4, 0.5) is 0 Å². The highest BCUT2D eigenvalue weighted by molar-refractivity contribution is 5.91. The van der Waals surface area contributed by atoms with Gasteiger partial charge in [-0.25, -0.2) is 0 Å². The van der Waals surface area contributed by atoms with Crippen molar-refractivity contribution in [3.8, 4) is 0 Å². The van der Waals surface area contributed by atoms with Crippen LogP contribution in [0.1, 0.15) is 6.92 Å². The molecule has 5 atom stereocenters. The predicted molar refractivity (Wildman–Crippen MR) is 85.2 cm³/mol. The van der Waals surface area contributed by atoms with Crippen LogP contribution in [0.3, 0.4) is 0 Å². The van der Waals surface area contributed by atoms with Crippen molar-refractivity contribution in [2.24, 2.45) is 0 Å². The van der Waals surface area contributed by atoms with Crippen LogP contribution in [0.15, 0.2) is 12.2 Å². The second-order valence-corrected chi connectivity index (χ2v) is 5.54. The van der Waals surface area contributed by atoms with Gasteiger partial charge in [-0.05, 0) is 14.0 Å². The number of aliphatic hydroxyl groups is 3. The first-order valence-electron chi connectivity index (χ1n) is 7.85. The smallest absolute Gasteiger partial charge is 0.246 e. The van der Waals surface area contributed by atoms with Crippen molar-refractivity contribution in [1.82, 2.24) is 10.6 Å². The van der Waals surface area contributed by atoms with Crippen molar-refractivity contribution in [1.29, 1.82) is 0 Å². The largest absolute Gasteiger partial charge is 0.394 e. The van der Waals surface area contributed by atoms with E-state index in [1.54, 1.807) is 14.0 Å². The third kappa shape index (κ3) is 6.10. The predicted octanol–water partition coefficient (Wildman–Crippen LogP) is -2.26. The van der Waals surface area contributed by atoms with Crippen LogP contribution < -0.4 is 10.6 Å². The Morgan fingerprint density at radius 2 is 1.96 bits per heavy atom. The lowest BCUT2D eigenvalue weighted by molar-refractivity contribution is -0.272. The molecule has 0 saturated carbocycles. The fourth-order valence-electron chi connectivity index (χ4n) is 2.24. The first kappa shape index (κ1) is 21.0. The van der Waals surface area contributed by atoms with E-state index < -0.39 is 37.3 Å². The minimum absolute atomic E-state index is 0.193. The summed E-state index contributed by atoms with van der Waals surface area (Å²) in [6, 6.07) is -0.627. The molecule has 1 rings (SSSR count). The molecule has 1 aliphatic rings. The molecular formula is C15H28N2O7. The molecule has 1 amide bonds. The monoisotopic (exact) mass is 348 g/mol. The van der Waals surface area contributed by atoms with Crippen LogP contribution in [-0.4, -0.2) is 91.9 Å². The standard InChI is InChI=1S/C15H28N2O7/c1-9(2)14(21)17-4-5-22-6-7-23-15-11(16-3)13(20)12(19)10(8-18)24-15/h10-13,15-16,18-20H,1,4-8H2,2-3H3,(H,17,21). The molecule has 9 heteroatoms. The number of aliphatic hydroxyl groups excluding tert-OH is 3. The first-order valence-corrected chi connectivity index (χ1v) is 7.85. The molecule has 0 aromatic rings. The van der Waals surface area contributed by atoms with Crippen LogP contribution >= 0.6 is 0 Å². The van der Waals surface area contributed by atoms with Crippen LogP contribution in [-0.2, 0) is 19.0 Å². The maximum absolute atomic E-state index is 11.2. The second kappa shape index (κ2) is 10.7. The van der Waals surface area contributed by atoms with Gasteiger partial charge in [0.15, 0.2) is 6.29 Å². The van der Waals surface area contributed by atoms with Gasteiger partial charge in [0.2, 0.25) is 5.91 Å². The van der Waals surface area contributed by atoms with E-state index in [9.17, 15) is 20.1 Å². The molecule has 1 aliphatic heterocycles. The van der Waals surface area contributed by atoms with E-state index in [-0.39, 0.29) is 19.1 Å². The van der Waals surface area contributed by atoms with Crippen molar-refractivity contribution in [2.75, 3.05) is 40.0 Å². The highest BCUT2D eigenvalue weighted by Crippen LogP contribution is 2.21. The summed E-state index contributed by atoms with van der Waals surface area (Å²) in [7, 11) is 1.61. The Bertz CT molecular complexity index is 407. The Morgan fingerprint density at radius 3 is 2.54 bits per heavy atom. The molecule has 1 saturated heterocycles. The highest BCUT2D eigenvalue weighted by Gasteiger charge is 2.44. The minimum atomic E-state index is -1.19. The molecular weight excluding hydrogens is 320 g/mol. The zero-order valence-electron chi connectivity index (χ0n) is 14.1. The van der Waals surface area contributed by atoms with E-state index >= 15 is 0 Å². The Hall–Kier alpha value is -1.07. The van der Waals surface area contributed by atoms with Crippen LogP contribution in [0.2, 0.25) is 0 Å². The SMILES string of the molecule is C=C(C)C(=O)NCCOCCOC1OC(CO)C(O)C(O)C1NC. The molecule has 1 fully saturated rings. The summed E-state index contributed by atoms with van der Waals surface area (Å²) in [5.74, 6) is -0.218. The normalized spacial score (nSPS) is 30.1. The van der Waals surface area contributed by atoms with Gasteiger partial charge in [-0.2, -0.15) is 0 Å². The lowest BCUT2D eigenvalue weighted by Crippen LogP contribution is -2.63. The Kier molecular flexibility index (Phi) is 9.37. The number of hydrogen-bond acceptors (Lipinski definition) is 8. The molecule has 0 spiro atoms. The van der Waals surface area contributed by atoms with Gasteiger partial charge < -0.3 is 40.2 Å². The first-order chi connectivity index (χ1) is 11.4. The Morgan fingerprint density at radius 1 is 1.25 bits per heavy atom. The average Bonchev–Trinajstić information content (AvgIpc) is 2.56. The topological polar surface area (TPSA) is 130 Å². The molecule has 1 heterocycles. The summed E-state index contributed by atoms with van der Waals surface area (Å²) in [5, 5.41) is 34.5. The minimum Gasteiger partial charge on any atom is -0.394 e. The van der Waals surface area contributed by atoms with Gasteiger partial charge in [-0.15, -0.1) is 0 Å². The third-order valence-electron chi connectivity index (χ3n) is 3.64. The number of carbonyl (C=O) groups is 1. The molecule has 5 N–H and O–H groups in total. The number of hydrogen-bond donors (Lipinski definition) is 5. The van der Waals surface area contributed by atoms with Gasteiger partial charge in [-0.1, -0.05) is 6.58 Å². The summed E-state index contributed by atoms with van der Waals surface area (Å²) in [5.41, 5.74) is 0.435. The number of ether oxygens (including phenoxy) is 3. The second-order valence-electron chi connectivity index (χ2n) is 5.54. The molecule has 5 unspecified atom stereocenters. The van der Waals surface area contributed by atoms with Crippen LogP contribution in [0.5, 0.6) is 0 Å². The molecule has 0 aliphatic carbocycles. The molecule has 9 nitrogen and oxygen atoms in total. The number of nitrogens with one attached hydrogen (secondary N) is 2. The van der Waals surface area contributed by atoms with Gasteiger partial charge in [0.1, 0.15) is 18.3 Å². The van der Waals surface area contributed by atoms with E-state index in [1.807, 2.05) is 0 Å². The number of likely N-dealkylation sites (N-methyl/N-ethyl adjacent to an activating group) is 1. The van der Waals surface area contributed by atoms with Crippen molar-refractivity contribution < 1.29 is 34.3 Å². The van der Waals surface area contributed by atoms with E-state index in [0.29, 0.717) is 18.7 Å². The maximum atomic E-state index is 11.2. The number of rotatable bonds is 10. The molecule has 0 bridgehead atoms. The fraction of sp³-hybridized carbons (Fsp3) is 0.800. The zero-order valence-corrected chi connectivity index (χ0v) is 14.1. The molecule has 0 aromatic carbocycles. The average molecular weight is 348 g/mol. The number of carbonyl (C=O) groups excluding carboxylic acids is 1.